The molecule has 1 unspecified atom stereocenters. The Balaban J connectivity index is 2.01. The van der Waals surface area contributed by atoms with Crippen molar-refractivity contribution < 1.29 is 16.8 Å². The number of hydrogen-bond acceptors (Lipinski definition) is 6. The molecule has 0 radical (unpaired) electrons. The molecule has 7 nitrogen and oxygen atoms in total. The maximum absolute atomic E-state index is 13.6. The van der Waals surface area contributed by atoms with Gasteiger partial charge in [-0.2, -0.15) is 9.57 Å². The third kappa shape index (κ3) is 5.06. The fourth-order valence-electron chi connectivity index (χ4n) is 3.30. The van der Waals surface area contributed by atoms with E-state index < -0.39 is 19.9 Å². The van der Waals surface area contributed by atoms with Gasteiger partial charge >= 0.3 is 0 Å². The number of nitrogens with zero attached hydrogens (tertiary/aromatic N) is 3. The smallest absolute Gasteiger partial charge is 0.244 e. The third-order valence-corrected chi connectivity index (χ3v) is 9.40. The number of nitriles is 1. The standard InChI is InChI=1S/C19H19Br2N3O4S2/c1-29(25,26)17-5-2-14(3-6-17)11-24(16-8-9-23(12-16)13-22)30(27,28)19-10-15(20)4-7-18(19)21/h2-7,10,16H,8-9,11-12H2,1H3. The van der Waals surface area contributed by atoms with Gasteiger partial charge in [-0.05, 0) is 58.2 Å². The van der Waals surface area contributed by atoms with Gasteiger partial charge in [0.15, 0.2) is 16.0 Å². The van der Waals surface area contributed by atoms with Crippen LogP contribution in [0.15, 0.2) is 61.2 Å². The molecule has 0 amide bonds. The predicted octanol–water partition coefficient (Wildman–Crippen LogP) is 3.36. The van der Waals surface area contributed by atoms with Crippen molar-refractivity contribution in [1.82, 2.24) is 9.21 Å². The summed E-state index contributed by atoms with van der Waals surface area (Å²) in [4.78, 5) is 1.84. The van der Waals surface area contributed by atoms with Gasteiger partial charge in [-0.1, -0.05) is 28.1 Å². The molecule has 3 rings (SSSR count). The minimum Gasteiger partial charge on any atom is -0.309 e. The minimum absolute atomic E-state index is 0.0647. The molecule has 30 heavy (non-hydrogen) atoms. The normalized spacial score (nSPS) is 17.3. The molecule has 0 N–H and O–H groups in total. The first-order chi connectivity index (χ1) is 14.0. The molecule has 1 atom stereocenters. The summed E-state index contributed by atoms with van der Waals surface area (Å²) in [5, 5.41) is 9.20. The van der Waals surface area contributed by atoms with Gasteiger partial charge in [0.2, 0.25) is 10.0 Å². The van der Waals surface area contributed by atoms with Gasteiger partial charge < -0.3 is 4.90 Å². The second kappa shape index (κ2) is 8.96. The topological polar surface area (TPSA) is 98.5 Å². The molecule has 2 aromatic rings. The van der Waals surface area contributed by atoms with Gasteiger partial charge in [0.05, 0.1) is 9.79 Å². The Morgan fingerprint density at radius 2 is 1.80 bits per heavy atom. The highest BCUT2D eigenvalue weighted by Gasteiger charge is 2.37. The van der Waals surface area contributed by atoms with Crippen LogP contribution in [0.5, 0.6) is 0 Å². The highest BCUT2D eigenvalue weighted by Crippen LogP contribution is 2.32. The highest BCUT2D eigenvalue weighted by atomic mass is 79.9. The van der Waals surface area contributed by atoms with E-state index in [4.69, 9.17) is 0 Å². The van der Waals surface area contributed by atoms with Crippen molar-refractivity contribution in [3.8, 4) is 6.19 Å². The van der Waals surface area contributed by atoms with E-state index in [0.717, 1.165) is 6.26 Å². The molecular formula is C19H19Br2N3O4S2. The lowest BCUT2D eigenvalue weighted by molar-refractivity contribution is 0.314. The predicted molar refractivity (Wildman–Crippen MR) is 120 cm³/mol. The molecule has 0 aromatic heterocycles. The number of sulfonamides is 1. The summed E-state index contributed by atoms with van der Waals surface area (Å²) in [7, 11) is -7.25. The summed E-state index contributed by atoms with van der Waals surface area (Å²) in [6, 6.07) is 10.7. The molecule has 1 saturated heterocycles. The summed E-state index contributed by atoms with van der Waals surface area (Å²) < 4.78 is 53.1. The molecule has 1 fully saturated rings. The van der Waals surface area contributed by atoms with E-state index in [0.29, 0.717) is 34.0 Å². The van der Waals surface area contributed by atoms with Crippen LogP contribution in [0, 0.1) is 11.5 Å². The zero-order valence-corrected chi connectivity index (χ0v) is 20.8. The van der Waals surface area contributed by atoms with Crippen LogP contribution in [0.3, 0.4) is 0 Å². The first-order valence-electron chi connectivity index (χ1n) is 8.93. The molecule has 160 valence electrons. The van der Waals surface area contributed by atoms with Crippen molar-refractivity contribution in [3.63, 3.8) is 0 Å². The summed E-state index contributed by atoms with van der Waals surface area (Å²) in [5.41, 5.74) is 0.660. The Labute approximate surface area is 193 Å². The molecule has 2 aromatic carbocycles. The Bertz CT molecular complexity index is 1190. The number of likely N-dealkylation sites (tertiary alicyclic amines) is 1. The van der Waals surface area contributed by atoms with Gasteiger partial charge in [-0.3, -0.25) is 0 Å². The van der Waals surface area contributed by atoms with E-state index in [2.05, 4.69) is 38.1 Å². The summed E-state index contributed by atoms with van der Waals surface area (Å²) in [6.07, 6.45) is 3.73. The first-order valence-corrected chi connectivity index (χ1v) is 13.8. The molecular weight excluding hydrogens is 558 g/mol. The average molecular weight is 577 g/mol. The lowest BCUT2D eigenvalue weighted by Gasteiger charge is -2.28. The lowest BCUT2D eigenvalue weighted by atomic mass is 10.2. The zero-order valence-electron chi connectivity index (χ0n) is 16.0. The molecule has 1 heterocycles. The highest BCUT2D eigenvalue weighted by molar-refractivity contribution is 9.11. The largest absolute Gasteiger partial charge is 0.309 e. The van der Waals surface area contributed by atoms with Crippen LogP contribution in [-0.4, -0.2) is 51.4 Å². The molecule has 1 aliphatic rings. The molecule has 0 aliphatic carbocycles. The quantitative estimate of drug-likeness (QED) is 0.489. The first kappa shape index (κ1) is 23.2. The lowest BCUT2D eigenvalue weighted by Crippen LogP contribution is -2.41. The van der Waals surface area contributed by atoms with Crippen LogP contribution < -0.4 is 0 Å². The molecule has 1 aliphatic heterocycles. The number of hydrogen-bond donors (Lipinski definition) is 0. The van der Waals surface area contributed by atoms with E-state index >= 15 is 0 Å². The molecule has 0 saturated carbocycles. The van der Waals surface area contributed by atoms with Crippen molar-refractivity contribution in [2.75, 3.05) is 19.3 Å². The molecule has 0 bridgehead atoms. The van der Waals surface area contributed by atoms with Gasteiger partial charge in [0, 0.05) is 40.9 Å². The summed E-state index contributed by atoms with van der Waals surface area (Å²) in [5.74, 6) is 0. The summed E-state index contributed by atoms with van der Waals surface area (Å²) in [6.45, 7) is 0.859. The number of benzene rings is 2. The maximum Gasteiger partial charge on any atom is 0.244 e. The molecule has 11 heteroatoms. The Hall–Kier alpha value is -1.45. The van der Waals surface area contributed by atoms with E-state index in [9.17, 15) is 22.1 Å². The number of rotatable bonds is 6. The van der Waals surface area contributed by atoms with Gasteiger partial charge in [-0.15, -0.1) is 0 Å². The number of sulfone groups is 1. The van der Waals surface area contributed by atoms with E-state index in [1.807, 2.05) is 0 Å². The minimum atomic E-state index is -3.90. The van der Waals surface area contributed by atoms with E-state index in [1.165, 1.54) is 27.4 Å². The van der Waals surface area contributed by atoms with E-state index in [1.54, 1.807) is 24.3 Å². The second-order valence-corrected chi connectivity index (χ2v) is 12.7. The van der Waals surface area contributed by atoms with E-state index in [-0.39, 0.29) is 22.4 Å². The third-order valence-electron chi connectivity index (χ3n) is 4.88. The average Bonchev–Trinajstić information content (AvgIpc) is 3.16. The van der Waals surface area contributed by atoms with Gasteiger partial charge in [0.1, 0.15) is 0 Å². The number of halogens is 2. The maximum atomic E-state index is 13.6. The fourth-order valence-corrected chi connectivity index (χ4v) is 7.03. The molecule has 0 spiro atoms. The summed E-state index contributed by atoms with van der Waals surface area (Å²) >= 11 is 6.65. The van der Waals surface area contributed by atoms with Crippen LogP contribution in [0.25, 0.3) is 0 Å². The monoisotopic (exact) mass is 575 g/mol. The van der Waals surface area contributed by atoms with Gasteiger partial charge in [0.25, 0.3) is 0 Å². The van der Waals surface area contributed by atoms with Gasteiger partial charge in [-0.25, -0.2) is 16.8 Å². The Morgan fingerprint density at radius 3 is 2.37 bits per heavy atom. The van der Waals surface area contributed by atoms with Crippen molar-refractivity contribution in [2.45, 2.75) is 28.8 Å². The van der Waals surface area contributed by atoms with Crippen LogP contribution in [0.2, 0.25) is 0 Å². The van der Waals surface area contributed by atoms with Crippen LogP contribution in [-0.2, 0) is 26.4 Å². The van der Waals surface area contributed by atoms with Crippen molar-refractivity contribution >= 4 is 51.7 Å². The SMILES string of the molecule is CS(=O)(=O)c1ccc(CN(C2CCN(C#N)C2)S(=O)(=O)c2cc(Br)ccc2Br)cc1. The van der Waals surface area contributed by atoms with Crippen LogP contribution in [0.4, 0.5) is 0 Å². The fraction of sp³-hybridized carbons (Fsp3) is 0.316. The van der Waals surface area contributed by atoms with Crippen molar-refractivity contribution in [3.05, 3.63) is 57.0 Å². The van der Waals surface area contributed by atoms with Crippen molar-refractivity contribution in [1.29, 1.82) is 5.26 Å². The second-order valence-electron chi connectivity index (χ2n) is 7.03. The van der Waals surface area contributed by atoms with Crippen LogP contribution >= 0.6 is 31.9 Å². The van der Waals surface area contributed by atoms with Crippen LogP contribution in [0.1, 0.15) is 12.0 Å². The van der Waals surface area contributed by atoms with Crippen molar-refractivity contribution in [2.24, 2.45) is 0 Å². The zero-order chi connectivity index (χ0) is 22.1. The Kier molecular flexibility index (Phi) is 6.94. The Morgan fingerprint density at radius 1 is 1.13 bits per heavy atom.